The molecule has 0 bridgehead atoms. The predicted molar refractivity (Wildman–Crippen MR) is 125 cm³/mol. The molecule has 0 atom stereocenters. The lowest BCUT2D eigenvalue weighted by molar-refractivity contribution is -0.154. The fraction of sp³-hybridized carbons (Fsp3) is 0.519. The molecule has 0 amide bonds. The van der Waals surface area contributed by atoms with Crippen molar-refractivity contribution in [2.45, 2.75) is 70.6 Å². The average Bonchev–Trinajstić information content (AvgIpc) is 2.71. The zero-order chi connectivity index (χ0) is 22.1. The summed E-state index contributed by atoms with van der Waals surface area (Å²) in [6.07, 6.45) is 4.90. The zero-order valence-electron chi connectivity index (χ0n) is 19.3. The van der Waals surface area contributed by atoms with E-state index in [-0.39, 0.29) is 17.6 Å². The molecule has 1 saturated heterocycles. The molecule has 0 radical (unpaired) electrons. The molecule has 0 unspecified atom stereocenters. The van der Waals surface area contributed by atoms with Crippen molar-refractivity contribution in [3.8, 4) is 0 Å². The van der Waals surface area contributed by atoms with Gasteiger partial charge in [0.15, 0.2) is 0 Å². The summed E-state index contributed by atoms with van der Waals surface area (Å²) in [5.41, 5.74) is 2.27. The number of carbonyl (C=O) groups excluding carboxylic acids is 1. The van der Waals surface area contributed by atoms with Gasteiger partial charge < -0.3 is 9.47 Å². The predicted octanol–water partition coefficient (Wildman–Crippen LogP) is 5.77. The Labute approximate surface area is 187 Å². The third-order valence-electron chi connectivity index (χ3n) is 5.52. The summed E-state index contributed by atoms with van der Waals surface area (Å²) in [5.74, 6) is -0.0929. The molecule has 1 fully saturated rings. The number of hydrogen-bond donors (Lipinski definition) is 0. The minimum absolute atomic E-state index is 0.0929. The number of benzene rings is 2. The Morgan fingerprint density at radius 3 is 2.00 bits per heavy atom. The number of likely N-dealkylation sites (tertiary alicyclic amines) is 1. The van der Waals surface area contributed by atoms with E-state index in [1.54, 1.807) is 0 Å². The maximum atomic E-state index is 11.7. The number of esters is 1. The van der Waals surface area contributed by atoms with Crippen LogP contribution in [-0.4, -0.2) is 42.3 Å². The van der Waals surface area contributed by atoms with Crippen molar-refractivity contribution in [1.82, 2.24) is 4.90 Å². The Morgan fingerprint density at radius 1 is 0.903 bits per heavy atom. The van der Waals surface area contributed by atoms with Crippen molar-refractivity contribution >= 4 is 5.97 Å². The van der Waals surface area contributed by atoms with E-state index in [4.69, 9.17) is 9.47 Å². The number of hydrogen-bond acceptors (Lipinski definition) is 4. The van der Waals surface area contributed by atoms with Gasteiger partial charge in [0.05, 0.1) is 12.1 Å². The number of ether oxygens (including phenoxy) is 2. The Bertz CT molecular complexity index is 740. The SMILES string of the molecule is CC(C)(C)OC(=O)CCCCCCOC1CN(C(c2ccccc2)c2ccccc2)C1. The molecule has 0 aliphatic carbocycles. The maximum Gasteiger partial charge on any atom is 0.306 e. The van der Waals surface area contributed by atoms with Gasteiger partial charge in [0, 0.05) is 26.1 Å². The van der Waals surface area contributed by atoms with Crippen molar-refractivity contribution in [3.63, 3.8) is 0 Å². The van der Waals surface area contributed by atoms with Crippen LogP contribution in [0.2, 0.25) is 0 Å². The van der Waals surface area contributed by atoms with Crippen LogP contribution in [0, 0.1) is 0 Å². The molecule has 0 spiro atoms. The van der Waals surface area contributed by atoms with Gasteiger partial charge in [-0.05, 0) is 44.7 Å². The molecule has 1 aliphatic rings. The number of nitrogens with zero attached hydrogens (tertiary/aromatic N) is 1. The van der Waals surface area contributed by atoms with E-state index in [1.165, 1.54) is 11.1 Å². The monoisotopic (exact) mass is 423 g/mol. The fourth-order valence-electron chi connectivity index (χ4n) is 4.04. The Morgan fingerprint density at radius 2 is 1.45 bits per heavy atom. The first-order valence-corrected chi connectivity index (χ1v) is 11.6. The van der Waals surface area contributed by atoms with Crippen LogP contribution in [0.1, 0.15) is 70.0 Å². The lowest BCUT2D eigenvalue weighted by atomic mass is 9.94. The second kappa shape index (κ2) is 11.4. The molecule has 31 heavy (non-hydrogen) atoms. The van der Waals surface area contributed by atoms with E-state index in [1.807, 2.05) is 20.8 Å². The van der Waals surface area contributed by atoms with Crippen molar-refractivity contribution < 1.29 is 14.3 Å². The summed E-state index contributed by atoms with van der Waals surface area (Å²) in [7, 11) is 0. The lowest BCUT2D eigenvalue weighted by Gasteiger charge is -2.44. The number of unbranched alkanes of at least 4 members (excludes halogenated alkanes) is 3. The summed E-state index contributed by atoms with van der Waals surface area (Å²) in [6.45, 7) is 8.45. The van der Waals surface area contributed by atoms with Gasteiger partial charge >= 0.3 is 5.97 Å². The summed E-state index contributed by atoms with van der Waals surface area (Å²) >= 11 is 0. The molecule has 168 valence electrons. The smallest absolute Gasteiger partial charge is 0.306 e. The molecule has 2 aromatic rings. The van der Waals surface area contributed by atoms with Crippen molar-refractivity contribution in [2.75, 3.05) is 19.7 Å². The fourth-order valence-corrected chi connectivity index (χ4v) is 4.04. The molecular formula is C27H37NO3. The first kappa shape index (κ1) is 23.5. The topological polar surface area (TPSA) is 38.8 Å². The van der Waals surface area contributed by atoms with Gasteiger partial charge in [-0.25, -0.2) is 0 Å². The Balaban J connectivity index is 1.33. The van der Waals surface area contributed by atoms with E-state index < -0.39 is 0 Å². The molecule has 0 N–H and O–H groups in total. The first-order valence-electron chi connectivity index (χ1n) is 11.6. The largest absolute Gasteiger partial charge is 0.460 e. The van der Waals surface area contributed by atoms with Gasteiger partial charge in [-0.2, -0.15) is 0 Å². The molecule has 1 aliphatic heterocycles. The van der Waals surface area contributed by atoms with Crippen LogP contribution in [0.25, 0.3) is 0 Å². The highest BCUT2D eigenvalue weighted by atomic mass is 16.6. The standard InChI is InChI=1S/C27H37NO3/c1-27(2,3)31-25(29)18-12-4-5-13-19-30-24-20-28(21-24)26(22-14-8-6-9-15-22)23-16-10-7-11-17-23/h6-11,14-17,24,26H,4-5,12-13,18-21H2,1-3H3. The van der Waals surface area contributed by atoms with E-state index in [9.17, 15) is 4.79 Å². The normalized spacial score (nSPS) is 15.1. The van der Waals surface area contributed by atoms with Crippen LogP contribution < -0.4 is 0 Å². The van der Waals surface area contributed by atoms with E-state index in [2.05, 4.69) is 65.6 Å². The van der Waals surface area contributed by atoms with Crippen LogP contribution in [-0.2, 0) is 14.3 Å². The quantitative estimate of drug-likeness (QED) is 0.340. The second-order valence-electron chi connectivity index (χ2n) is 9.42. The summed E-state index contributed by atoms with van der Waals surface area (Å²) in [4.78, 5) is 14.2. The van der Waals surface area contributed by atoms with Gasteiger partial charge in [0.1, 0.15) is 5.60 Å². The molecule has 0 aromatic heterocycles. The minimum Gasteiger partial charge on any atom is -0.460 e. The molecule has 3 rings (SSSR count). The molecule has 2 aromatic carbocycles. The van der Waals surface area contributed by atoms with Gasteiger partial charge in [-0.3, -0.25) is 9.69 Å². The van der Waals surface area contributed by atoms with Gasteiger partial charge in [-0.1, -0.05) is 73.5 Å². The maximum absolute atomic E-state index is 11.7. The Kier molecular flexibility index (Phi) is 8.68. The summed E-state index contributed by atoms with van der Waals surface area (Å²) < 4.78 is 11.4. The lowest BCUT2D eigenvalue weighted by Crippen LogP contribution is -2.53. The third kappa shape index (κ3) is 7.79. The average molecular weight is 424 g/mol. The molecule has 4 nitrogen and oxygen atoms in total. The third-order valence-corrected chi connectivity index (χ3v) is 5.52. The first-order chi connectivity index (χ1) is 14.9. The Hall–Kier alpha value is -2.17. The minimum atomic E-state index is -0.387. The second-order valence-corrected chi connectivity index (χ2v) is 9.42. The van der Waals surface area contributed by atoms with Crippen LogP contribution in [0.4, 0.5) is 0 Å². The highest BCUT2D eigenvalue weighted by Gasteiger charge is 2.34. The van der Waals surface area contributed by atoms with Crippen molar-refractivity contribution in [3.05, 3.63) is 71.8 Å². The number of carbonyl (C=O) groups is 1. The van der Waals surface area contributed by atoms with Crippen molar-refractivity contribution in [1.29, 1.82) is 0 Å². The zero-order valence-corrected chi connectivity index (χ0v) is 19.3. The van der Waals surface area contributed by atoms with E-state index >= 15 is 0 Å². The van der Waals surface area contributed by atoms with Crippen LogP contribution >= 0.6 is 0 Å². The van der Waals surface area contributed by atoms with Gasteiger partial charge in [0.25, 0.3) is 0 Å². The van der Waals surface area contributed by atoms with Crippen molar-refractivity contribution in [2.24, 2.45) is 0 Å². The molecule has 1 heterocycles. The van der Waals surface area contributed by atoms with Crippen LogP contribution in [0.15, 0.2) is 60.7 Å². The number of rotatable bonds is 11. The van der Waals surface area contributed by atoms with E-state index in [0.29, 0.717) is 12.5 Å². The van der Waals surface area contributed by atoms with Gasteiger partial charge in [-0.15, -0.1) is 0 Å². The molecular weight excluding hydrogens is 386 g/mol. The van der Waals surface area contributed by atoms with Gasteiger partial charge in [0.2, 0.25) is 0 Å². The molecule has 4 heteroatoms. The highest BCUT2D eigenvalue weighted by molar-refractivity contribution is 5.69. The molecule has 0 saturated carbocycles. The van der Waals surface area contributed by atoms with E-state index in [0.717, 1.165) is 45.4 Å². The highest BCUT2D eigenvalue weighted by Crippen LogP contribution is 2.33. The van der Waals surface area contributed by atoms with Crippen LogP contribution in [0.3, 0.4) is 0 Å². The summed E-state index contributed by atoms with van der Waals surface area (Å²) in [5, 5.41) is 0. The summed E-state index contributed by atoms with van der Waals surface area (Å²) in [6, 6.07) is 21.7. The van der Waals surface area contributed by atoms with Crippen LogP contribution in [0.5, 0.6) is 0 Å².